The van der Waals surface area contributed by atoms with Crippen molar-refractivity contribution in [3.63, 3.8) is 0 Å². The van der Waals surface area contributed by atoms with Gasteiger partial charge >= 0.3 is 12.1 Å². The smallest absolute Gasteiger partial charge is 0.422 e. The first kappa shape index (κ1) is 18.5. The van der Waals surface area contributed by atoms with Crippen molar-refractivity contribution in [3.05, 3.63) is 41.1 Å². The van der Waals surface area contributed by atoms with Crippen LogP contribution in [0.5, 0.6) is 0 Å². The number of nitrogens with one attached hydrogen (secondary N) is 1. The van der Waals surface area contributed by atoms with Gasteiger partial charge in [-0.1, -0.05) is 0 Å². The Hall–Kier alpha value is -2.79. The Morgan fingerprint density at radius 1 is 1.16 bits per heavy atom. The minimum Gasteiger partial charge on any atom is -0.468 e. The predicted octanol–water partition coefficient (Wildman–Crippen LogP) is 3.03. The van der Waals surface area contributed by atoms with Crippen molar-refractivity contribution in [1.29, 1.82) is 0 Å². The number of aromatic nitrogens is 2. The second-order valence-electron chi connectivity index (χ2n) is 4.55. The molecule has 0 aliphatic rings. The maximum absolute atomic E-state index is 13.9. The molecule has 12 heteroatoms. The van der Waals surface area contributed by atoms with E-state index in [0.717, 1.165) is 19.4 Å². The van der Waals surface area contributed by atoms with Gasteiger partial charge in [0.05, 0.1) is 7.11 Å². The summed E-state index contributed by atoms with van der Waals surface area (Å²) in [7, 11) is 1.10. The number of anilines is 1. The number of benzene rings is 1. The van der Waals surface area contributed by atoms with Gasteiger partial charge in [-0.05, 0) is 0 Å². The molecule has 0 saturated carbocycles. The lowest BCUT2D eigenvalue weighted by atomic mass is 10.1. The second-order valence-corrected chi connectivity index (χ2v) is 4.55. The van der Waals surface area contributed by atoms with Gasteiger partial charge in [-0.2, -0.15) is 18.3 Å². The Bertz CT molecular complexity index is 788. The lowest BCUT2D eigenvalue weighted by Crippen LogP contribution is -2.18. The molecule has 1 N–H and O–H groups in total. The molecular formula is C13H8F7N3O2. The van der Waals surface area contributed by atoms with E-state index in [4.69, 9.17) is 0 Å². The first-order valence-corrected chi connectivity index (χ1v) is 6.37. The Kier molecular flexibility index (Phi) is 4.90. The van der Waals surface area contributed by atoms with E-state index in [-0.39, 0.29) is 17.0 Å². The number of hydrogen-bond acceptors (Lipinski definition) is 4. The van der Waals surface area contributed by atoms with Crippen LogP contribution < -0.4 is 5.32 Å². The summed E-state index contributed by atoms with van der Waals surface area (Å²) in [6, 6.07) is 1.06. The molecule has 1 aromatic heterocycles. The molecule has 0 fully saturated rings. The Morgan fingerprint density at radius 3 is 2.20 bits per heavy atom. The number of esters is 1. The number of halogens is 7. The molecular weight excluding hydrogens is 363 g/mol. The third-order valence-corrected chi connectivity index (χ3v) is 2.98. The highest BCUT2D eigenvalue weighted by Crippen LogP contribution is 2.37. The van der Waals surface area contributed by atoms with Crippen molar-refractivity contribution in [2.45, 2.75) is 6.18 Å². The summed E-state index contributed by atoms with van der Waals surface area (Å²) in [5.74, 6) is -10.6. The molecule has 0 bridgehead atoms. The summed E-state index contributed by atoms with van der Waals surface area (Å²) in [6.45, 7) is -0.381. The normalized spacial score (nSPS) is 11.5. The van der Waals surface area contributed by atoms with Crippen LogP contribution in [0, 0.1) is 23.3 Å². The van der Waals surface area contributed by atoms with Gasteiger partial charge in [0, 0.05) is 12.3 Å². The van der Waals surface area contributed by atoms with Crippen LogP contribution in [-0.2, 0) is 15.7 Å². The van der Waals surface area contributed by atoms with Gasteiger partial charge in [-0.3, -0.25) is 4.79 Å². The highest BCUT2D eigenvalue weighted by Gasteiger charge is 2.42. The summed E-state index contributed by atoms with van der Waals surface area (Å²) in [4.78, 5) is 10.9. The van der Waals surface area contributed by atoms with Gasteiger partial charge in [0.1, 0.15) is 23.6 Å². The molecule has 0 aliphatic carbocycles. The average molecular weight is 371 g/mol. The fourth-order valence-electron chi connectivity index (χ4n) is 1.85. The van der Waals surface area contributed by atoms with Gasteiger partial charge in [0.15, 0.2) is 23.3 Å². The van der Waals surface area contributed by atoms with E-state index in [1.807, 2.05) is 0 Å². The number of carbonyl (C=O) groups excluding carboxylic acids is 1. The molecule has 0 amide bonds. The first-order valence-electron chi connectivity index (χ1n) is 6.37. The fourth-order valence-corrected chi connectivity index (χ4v) is 1.85. The number of ether oxygens (including phenoxy) is 1. The zero-order valence-electron chi connectivity index (χ0n) is 12.2. The molecule has 25 heavy (non-hydrogen) atoms. The minimum atomic E-state index is -5.63. The molecule has 0 spiro atoms. The van der Waals surface area contributed by atoms with Crippen LogP contribution in [0.3, 0.4) is 0 Å². The van der Waals surface area contributed by atoms with Crippen molar-refractivity contribution >= 4 is 11.8 Å². The van der Waals surface area contributed by atoms with Gasteiger partial charge in [0.25, 0.3) is 0 Å². The molecule has 0 atom stereocenters. The molecule has 0 unspecified atom stereocenters. The highest BCUT2D eigenvalue weighted by atomic mass is 19.4. The van der Waals surface area contributed by atoms with Crippen molar-refractivity contribution in [1.82, 2.24) is 9.78 Å². The number of hydrogen-bond donors (Lipinski definition) is 1. The SMILES string of the molecule is COC(=O)CNc1ccn(-c2c(F)c(F)c(C(F)(F)F)c(F)c2F)n1. The largest absolute Gasteiger partial charge is 0.468 e. The summed E-state index contributed by atoms with van der Waals surface area (Å²) < 4.78 is 97.1. The Balaban J connectivity index is 2.48. The molecule has 0 saturated heterocycles. The van der Waals surface area contributed by atoms with E-state index in [0.29, 0.717) is 0 Å². The molecule has 1 heterocycles. The van der Waals surface area contributed by atoms with Gasteiger partial charge in [-0.15, -0.1) is 0 Å². The van der Waals surface area contributed by atoms with E-state index in [1.165, 1.54) is 0 Å². The lowest BCUT2D eigenvalue weighted by Gasteiger charge is -2.13. The zero-order valence-corrected chi connectivity index (χ0v) is 12.2. The number of methoxy groups -OCH3 is 1. The van der Waals surface area contributed by atoms with Crippen LogP contribution in [-0.4, -0.2) is 29.4 Å². The van der Waals surface area contributed by atoms with Crippen LogP contribution in [0.15, 0.2) is 12.3 Å². The third-order valence-electron chi connectivity index (χ3n) is 2.98. The van der Waals surface area contributed by atoms with Crippen LogP contribution in [0.2, 0.25) is 0 Å². The maximum atomic E-state index is 13.9. The van der Waals surface area contributed by atoms with E-state index in [2.05, 4.69) is 15.2 Å². The molecule has 2 rings (SSSR count). The zero-order chi connectivity index (χ0) is 18.9. The third kappa shape index (κ3) is 3.51. The standard InChI is InChI=1S/C13H8F7N3O2/c1-25-6(24)4-21-5-2-3-23(22-5)12-10(16)8(14)7(13(18,19)20)9(15)11(12)17/h2-3H,4H2,1H3,(H,21,22). The van der Waals surface area contributed by atoms with Crippen LogP contribution in [0.1, 0.15) is 5.56 Å². The number of rotatable bonds is 4. The van der Waals surface area contributed by atoms with Crippen molar-refractivity contribution < 1.29 is 40.3 Å². The summed E-state index contributed by atoms with van der Waals surface area (Å²) in [6.07, 6.45) is -4.81. The van der Waals surface area contributed by atoms with Crippen molar-refractivity contribution in [2.75, 3.05) is 19.0 Å². The molecule has 2 aromatic rings. The van der Waals surface area contributed by atoms with Crippen LogP contribution in [0.25, 0.3) is 5.69 Å². The predicted molar refractivity (Wildman–Crippen MR) is 68.9 cm³/mol. The van der Waals surface area contributed by atoms with E-state index >= 15 is 0 Å². The molecule has 1 aromatic carbocycles. The summed E-state index contributed by atoms with van der Waals surface area (Å²) >= 11 is 0. The molecule has 136 valence electrons. The minimum absolute atomic E-state index is 0.148. The van der Waals surface area contributed by atoms with Crippen LogP contribution >= 0.6 is 0 Å². The number of nitrogens with zero attached hydrogens (tertiary/aromatic N) is 2. The second kappa shape index (κ2) is 6.61. The first-order chi connectivity index (χ1) is 11.6. The maximum Gasteiger partial charge on any atom is 0.422 e. The molecule has 0 radical (unpaired) electrons. The Morgan fingerprint density at radius 2 is 1.72 bits per heavy atom. The van der Waals surface area contributed by atoms with E-state index in [1.54, 1.807) is 0 Å². The molecule has 0 aliphatic heterocycles. The summed E-state index contributed by atoms with van der Waals surface area (Å²) in [5.41, 5.74) is -4.16. The van der Waals surface area contributed by atoms with Crippen LogP contribution in [0.4, 0.5) is 36.6 Å². The average Bonchev–Trinajstić information content (AvgIpc) is 2.98. The lowest BCUT2D eigenvalue weighted by molar-refractivity contribution is -0.143. The molecule has 5 nitrogen and oxygen atoms in total. The monoisotopic (exact) mass is 371 g/mol. The van der Waals surface area contributed by atoms with Gasteiger partial charge in [0.2, 0.25) is 0 Å². The topological polar surface area (TPSA) is 56.1 Å². The van der Waals surface area contributed by atoms with E-state index < -0.39 is 46.7 Å². The quantitative estimate of drug-likeness (QED) is 0.510. The highest BCUT2D eigenvalue weighted by molar-refractivity contribution is 5.74. The number of alkyl halides is 3. The summed E-state index contributed by atoms with van der Waals surface area (Å²) in [5, 5.41) is 5.86. The van der Waals surface area contributed by atoms with Crippen molar-refractivity contribution in [3.8, 4) is 5.69 Å². The van der Waals surface area contributed by atoms with Gasteiger partial charge < -0.3 is 10.1 Å². The Labute approximate surface area is 135 Å². The van der Waals surface area contributed by atoms with E-state index in [9.17, 15) is 35.5 Å². The van der Waals surface area contributed by atoms with Crippen molar-refractivity contribution in [2.24, 2.45) is 0 Å². The fraction of sp³-hybridized carbons (Fsp3) is 0.231. The van der Waals surface area contributed by atoms with Gasteiger partial charge in [-0.25, -0.2) is 22.2 Å². The number of carbonyl (C=O) groups is 1.